The van der Waals surface area contributed by atoms with Gasteiger partial charge in [-0.1, -0.05) is 6.07 Å². The maximum Gasteiger partial charge on any atom is 0.229 e. The summed E-state index contributed by atoms with van der Waals surface area (Å²) in [5, 5.41) is 23.5. The molecule has 0 aliphatic carbocycles. The summed E-state index contributed by atoms with van der Waals surface area (Å²) in [6.07, 6.45) is 6.53. The second-order valence-corrected chi connectivity index (χ2v) is 11.7. The molecule has 4 aliphatic rings. The zero-order chi connectivity index (χ0) is 27.4. The van der Waals surface area contributed by atoms with Crippen molar-refractivity contribution in [1.82, 2.24) is 29.7 Å². The van der Waals surface area contributed by atoms with Gasteiger partial charge in [0, 0.05) is 68.5 Å². The zero-order valence-electron chi connectivity index (χ0n) is 22.8. The lowest BCUT2D eigenvalue weighted by Crippen LogP contribution is -2.55. The van der Waals surface area contributed by atoms with Crippen LogP contribution < -0.4 is 10.2 Å². The van der Waals surface area contributed by atoms with Crippen LogP contribution in [0.1, 0.15) is 55.7 Å². The predicted molar refractivity (Wildman–Crippen MR) is 150 cm³/mol. The second kappa shape index (κ2) is 10.2. The van der Waals surface area contributed by atoms with Crippen LogP contribution in [0.15, 0.2) is 24.4 Å². The number of aliphatic hydroxyl groups excluding tert-OH is 2. The van der Waals surface area contributed by atoms with Gasteiger partial charge in [-0.2, -0.15) is 0 Å². The minimum atomic E-state index is -0.665. The quantitative estimate of drug-likeness (QED) is 0.407. The normalized spacial score (nSPS) is 23.4. The molecule has 0 saturated carbocycles. The molecule has 3 aromatic rings. The van der Waals surface area contributed by atoms with Gasteiger partial charge in [0.2, 0.25) is 11.9 Å². The lowest BCUT2D eigenvalue weighted by molar-refractivity contribution is -0.142. The highest BCUT2D eigenvalue weighted by molar-refractivity contribution is 5.90. The van der Waals surface area contributed by atoms with Crippen LogP contribution in [0.4, 0.5) is 17.6 Å². The molecule has 0 radical (unpaired) electrons. The van der Waals surface area contributed by atoms with E-state index in [4.69, 9.17) is 20.1 Å². The average Bonchev–Trinajstić information content (AvgIpc) is 3.54. The predicted octanol–water partition coefficient (Wildman–Crippen LogP) is 2.16. The number of anilines is 3. The average molecular weight is 545 g/mol. The van der Waals surface area contributed by atoms with Gasteiger partial charge in [0.15, 0.2) is 5.82 Å². The Morgan fingerprint density at radius 1 is 1.12 bits per heavy atom. The molecular weight excluding hydrogens is 508 g/mol. The van der Waals surface area contributed by atoms with Gasteiger partial charge >= 0.3 is 0 Å². The topological polar surface area (TPSA) is 131 Å². The highest BCUT2D eigenvalue weighted by Gasteiger charge is 2.41. The Hall–Kier alpha value is -3.41. The minimum absolute atomic E-state index is 0.0267. The number of fused-ring (bicyclic) bond motifs is 4. The van der Waals surface area contributed by atoms with Crippen molar-refractivity contribution in [2.45, 2.75) is 63.8 Å². The van der Waals surface area contributed by atoms with E-state index in [9.17, 15) is 9.90 Å². The fourth-order valence-corrected chi connectivity index (χ4v) is 6.85. The highest BCUT2D eigenvalue weighted by Crippen LogP contribution is 2.42. The number of nitrogens with one attached hydrogen (secondary N) is 1. The lowest BCUT2D eigenvalue weighted by Gasteiger charge is -2.41. The standard InChI is InChI=1S/C29H36N8O3/c1-17(39)24-12-19-13-30-29(34-26(19)27(32-24)37-21-3-4-22(37)6-5-21)33-25-7-2-18-16-36(9-8-23(18)31-25)28(40)20-14-35(15-20)10-11-38/h2,7,12-13,17,20-22,38-39H,3-6,8-11,14-16H2,1H3,(H,30,31,33,34). The third-order valence-electron chi connectivity index (χ3n) is 9.02. The Bertz CT molecular complexity index is 1420. The lowest BCUT2D eigenvalue weighted by atomic mass is 9.96. The summed E-state index contributed by atoms with van der Waals surface area (Å²) in [7, 11) is 0. The number of pyridine rings is 2. The van der Waals surface area contributed by atoms with E-state index in [0.29, 0.717) is 55.6 Å². The van der Waals surface area contributed by atoms with Gasteiger partial charge in [0.25, 0.3) is 0 Å². The number of hydrogen-bond acceptors (Lipinski definition) is 10. The molecule has 4 aliphatic heterocycles. The van der Waals surface area contributed by atoms with E-state index in [1.165, 1.54) is 25.7 Å². The first-order chi connectivity index (χ1) is 19.5. The summed E-state index contributed by atoms with van der Waals surface area (Å²) in [6, 6.07) is 6.79. The molecule has 0 spiro atoms. The van der Waals surface area contributed by atoms with Crippen LogP contribution in [0, 0.1) is 5.92 Å². The maximum atomic E-state index is 12.9. The van der Waals surface area contributed by atoms with Gasteiger partial charge in [0.1, 0.15) is 11.3 Å². The molecule has 3 fully saturated rings. The Morgan fingerprint density at radius 3 is 2.62 bits per heavy atom. The van der Waals surface area contributed by atoms with Crippen LogP contribution in [-0.4, -0.2) is 90.7 Å². The van der Waals surface area contributed by atoms with Crippen LogP contribution in [0.2, 0.25) is 0 Å². The van der Waals surface area contributed by atoms with Crippen molar-refractivity contribution in [3.05, 3.63) is 41.3 Å². The van der Waals surface area contributed by atoms with Crippen molar-refractivity contribution in [3.8, 4) is 0 Å². The van der Waals surface area contributed by atoms with Crippen LogP contribution >= 0.6 is 0 Å². The Kier molecular flexibility index (Phi) is 6.52. The van der Waals surface area contributed by atoms with Crippen molar-refractivity contribution in [2.24, 2.45) is 5.92 Å². The summed E-state index contributed by atoms with van der Waals surface area (Å²) in [5.41, 5.74) is 3.49. The molecule has 3 aromatic heterocycles. The number of aliphatic hydroxyl groups is 2. The van der Waals surface area contributed by atoms with Gasteiger partial charge in [-0.25, -0.2) is 19.9 Å². The van der Waals surface area contributed by atoms with Crippen LogP contribution in [0.25, 0.3) is 10.9 Å². The first kappa shape index (κ1) is 25.6. The summed E-state index contributed by atoms with van der Waals surface area (Å²) >= 11 is 0. The van der Waals surface area contributed by atoms with E-state index in [2.05, 4.69) is 20.1 Å². The van der Waals surface area contributed by atoms with E-state index >= 15 is 0 Å². The minimum Gasteiger partial charge on any atom is -0.395 e. The monoisotopic (exact) mass is 544 g/mol. The molecule has 40 heavy (non-hydrogen) atoms. The number of hydrogen-bond donors (Lipinski definition) is 3. The van der Waals surface area contributed by atoms with Gasteiger partial charge < -0.3 is 25.3 Å². The van der Waals surface area contributed by atoms with Crippen LogP contribution in [-0.2, 0) is 17.8 Å². The highest BCUT2D eigenvalue weighted by atomic mass is 16.3. The molecule has 11 heteroatoms. The largest absolute Gasteiger partial charge is 0.395 e. The summed E-state index contributed by atoms with van der Waals surface area (Å²) < 4.78 is 0. The van der Waals surface area contributed by atoms with Crippen LogP contribution in [0.3, 0.4) is 0 Å². The molecule has 3 N–H and O–H groups in total. The molecule has 7 rings (SSSR count). The number of likely N-dealkylation sites (tertiary alicyclic amines) is 1. The summed E-state index contributed by atoms with van der Waals surface area (Å²) in [6.45, 7) is 5.19. The number of carbonyl (C=O) groups excluding carboxylic acids is 1. The molecule has 3 saturated heterocycles. The Labute approximate surface area is 233 Å². The molecule has 2 bridgehead atoms. The first-order valence-corrected chi connectivity index (χ1v) is 14.5. The van der Waals surface area contributed by atoms with E-state index < -0.39 is 6.10 Å². The summed E-state index contributed by atoms with van der Waals surface area (Å²) in [4.78, 5) is 38.6. The molecule has 1 amide bonds. The van der Waals surface area contributed by atoms with E-state index in [1.54, 1.807) is 13.1 Å². The number of aromatic nitrogens is 4. The molecular formula is C29H36N8O3. The molecule has 1 unspecified atom stereocenters. The molecule has 210 valence electrons. The molecule has 0 aromatic carbocycles. The first-order valence-electron chi connectivity index (χ1n) is 14.5. The fourth-order valence-electron chi connectivity index (χ4n) is 6.85. The third-order valence-corrected chi connectivity index (χ3v) is 9.02. The number of carbonyl (C=O) groups is 1. The summed E-state index contributed by atoms with van der Waals surface area (Å²) in [5.74, 6) is 2.20. The second-order valence-electron chi connectivity index (χ2n) is 11.7. The van der Waals surface area contributed by atoms with Crippen molar-refractivity contribution in [2.75, 3.05) is 43.0 Å². The number of rotatable bonds is 7. The molecule has 11 nitrogen and oxygen atoms in total. The van der Waals surface area contributed by atoms with E-state index in [1.807, 2.05) is 23.1 Å². The van der Waals surface area contributed by atoms with E-state index in [-0.39, 0.29) is 18.4 Å². The van der Waals surface area contributed by atoms with Gasteiger partial charge in [0.05, 0.1) is 24.3 Å². The Balaban J connectivity index is 1.10. The van der Waals surface area contributed by atoms with Gasteiger partial charge in [-0.3, -0.25) is 9.69 Å². The number of β-amino-alcohol motifs (C(OH)–C–C–N with tert-alkyl or cyclic N) is 1. The van der Waals surface area contributed by atoms with Crippen molar-refractivity contribution >= 4 is 34.4 Å². The van der Waals surface area contributed by atoms with Crippen molar-refractivity contribution in [1.29, 1.82) is 0 Å². The maximum absolute atomic E-state index is 12.9. The molecule has 1 atom stereocenters. The SMILES string of the molecule is CC(O)c1cc2cnc(Nc3ccc4c(n3)CCN(C(=O)C3CN(CCO)C3)C4)nc2c(N2C3CCC2CC3)n1. The zero-order valence-corrected chi connectivity index (χ0v) is 22.8. The number of amides is 1. The molecule has 7 heterocycles. The number of nitrogens with zero attached hydrogens (tertiary/aromatic N) is 7. The third kappa shape index (κ3) is 4.55. The van der Waals surface area contributed by atoms with Crippen molar-refractivity contribution in [3.63, 3.8) is 0 Å². The van der Waals surface area contributed by atoms with E-state index in [0.717, 1.165) is 41.1 Å². The van der Waals surface area contributed by atoms with Crippen molar-refractivity contribution < 1.29 is 15.0 Å². The van der Waals surface area contributed by atoms with Crippen LogP contribution in [0.5, 0.6) is 0 Å². The van der Waals surface area contributed by atoms with Gasteiger partial charge in [-0.15, -0.1) is 0 Å². The van der Waals surface area contributed by atoms with Gasteiger partial charge in [-0.05, 0) is 50.3 Å². The Morgan fingerprint density at radius 2 is 1.90 bits per heavy atom. The fraction of sp³-hybridized carbons (Fsp3) is 0.552. The smallest absolute Gasteiger partial charge is 0.229 e.